The van der Waals surface area contributed by atoms with E-state index < -0.39 is 0 Å². The highest BCUT2D eigenvalue weighted by atomic mass is 32.1. The summed E-state index contributed by atoms with van der Waals surface area (Å²) in [6.45, 7) is 8.46. The highest BCUT2D eigenvalue weighted by molar-refractivity contribution is 7.80. The van der Waals surface area contributed by atoms with Crippen molar-refractivity contribution in [2.75, 3.05) is 12.4 Å². The van der Waals surface area contributed by atoms with Crippen LogP contribution in [-0.4, -0.2) is 12.3 Å². The van der Waals surface area contributed by atoms with E-state index in [2.05, 4.69) is 37.9 Å². The maximum absolute atomic E-state index is 6.02. The molecule has 0 saturated heterocycles. The van der Waals surface area contributed by atoms with Gasteiger partial charge in [-0.3, -0.25) is 0 Å². The topological polar surface area (TPSA) is 30.5 Å². The molecule has 2 aromatic carbocycles. The monoisotopic (exact) mass is 341 g/mol. The summed E-state index contributed by atoms with van der Waals surface area (Å²) < 4.78 is 11.1. The van der Waals surface area contributed by atoms with Crippen molar-refractivity contribution in [3.05, 3.63) is 65.2 Å². The number of aryl methyl sites for hydroxylation is 2. The van der Waals surface area contributed by atoms with Crippen LogP contribution < -0.4 is 10.1 Å². The Morgan fingerprint density at radius 3 is 2.67 bits per heavy atom. The fraction of sp³-hybridized carbons (Fsp3) is 0.250. The van der Waals surface area contributed by atoms with Gasteiger partial charge < -0.3 is 14.8 Å². The molecule has 24 heavy (non-hydrogen) atoms. The van der Waals surface area contributed by atoms with Gasteiger partial charge >= 0.3 is 0 Å². The summed E-state index contributed by atoms with van der Waals surface area (Å²) in [5.41, 5.74) is 5.33. The maximum Gasteiger partial charge on any atom is 0.260 e. The van der Waals surface area contributed by atoms with Crippen LogP contribution in [0.1, 0.15) is 29.2 Å². The molecule has 0 bridgehead atoms. The Bertz CT molecular complexity index is 740. The second-order valence-corrected chi connectivity index (χ2v) is 5.85. The Morgan fingerprint density at radius 2 is 2.04 bits per heavy atom. The SMILES string of the molecule is C=Cc1ccc(NC(=S)OC)c(COc2ccc(CC)cc2C)c1. The molecule has 0 aliphatic heterocycles. The second-order valence-electron chi connectivity index (χ2n) is 5.48. The van der Waals surface area contributed by atoms with Crippen molar-refractivity contribution in [1.82, 2.24) is 0 Å². The standard InChI is InChI=1S/C20H23NO2S/c1-5-15-8-10-19(14(3)11-15)23-13-17-12-16(6-2)7-9-18(17)21-20(24)22-4/h6-12H,2,5,13H2,1,3-4H3,(H,21,24). The quantitative estimate of drug-likeness (QED) is 0.739. The fourth-order valence-corrected chi connectivity index (χ4v) is 2.50. The largest absolute Gasteiger partial charge is 0.489 e. The number of hydrogen-bond acceptors (Lipinski definition) is 3. The van der Waals surface area contributed by atoms with Crippen molar-refractivity contribution >= 4 is 29.2 Å². The third kappa shape index (κ3) is 4.59. The minimum atomic E-state index is 0.325. The third-order valence-electron chi connectivity index (χ3n) is 3.82. The molecule has 0 heterocycles. The van der Waals surface area contributed by atoms with Gasteiger partial charge in [0.1, 0.15) is 12.4 Å². The lowest BCUT2D eigenvalue weighted by Crippen LogP contribution is -2.13. The Balaban J connectivity index is 2.21. The Kier molecular flexibility index (Phi) is 6.38. The van der Waals surface area contributed by atoms with E-state index >= 15 is 0 Å². The van der Waals surface area contributed by atoms with Crippen LogP contribution in [0.2, 0.25) is 0 Å². The number of anilines is 1. The Labute approximate surface area is 149 Å². The second kappa shape index (κ2) is 8.50. The lowest BCUT2D eigenvalue weighted by Gasteiger charge is -2.15. The third-order valence-corrected chi connectivity index (χ3v) is 4.09. The molecule has 0 aliphatic rings. The van der Waals surface area contributed by atoms with Gasteiger partial charge in [-0.1, -0.05) is 37.8 Å². The van der Waals surface area contributed by atoms with Gasteiger partial charge in [0.25, 0.3) is 5.17 Å². The van der Waals surface area contributed by atoms with Gasteiger partial charge in [-0.25, -0.2) is 0 Å². The molecule has 0 aromatic heterocycles. The van der Waals surface area contributed by atoms with Crippen LogP contribution in [0.5, 0.6) is 5.75 Å². The molecular weight excluding hydrogens is 318 g/mol. The smallest absolute Gasteiger partial charge is 0.260 e. The molecule has 1 N–H and O–H groups in total. The summed E-state index contributed by atoms with van der Waals surface area (Å²) in [4.78, 5) is 0. The molecule has 0 aliphatic carbocycles. The van der Waals surface area contributed by atoms with E-state index in [1.807, 2.05) is 30.3 Å². The molecule has 0 radical (unpaired) electrons. The minimum Gasteiger partial charge on any atom is -0.489 e. The molecule has 0 amide bonds. The number of nitrogens with one attached hydrogen (secondary N) is 1. The zero-order valence-corrected chi connectivity index (χ0v) is 15.2. The van der Waals surface area contributed by atoms with Crippen molar-refractivity contribution in [1.29, 1.82) is 0 Å². The summed E-state index contributed by atoms with van der Waals surface area (Å²) >= 11 is 5.09. The first-order valence-electron chi connectivity index (χ1n) is 7.90. The van der Waals surface area contributed by atoms with Crippen molar-refractivity contribution < 1.29 is 9.47 Å². The van der Waals surface area contributed by atoms with Crippen molar-refractivity contribution in [3.63, 3.8) is 0 Å². The van der Waals surface area contributed by atoms with E-state index in [-0.39, 0.29) is 0 Å². The molecule has 126 valence electrons. The van der Waals surface area contributed by atoms with E-state index in [1.165, 1.54) is 5.56 Å². The van der Waals surface area contributed by atoms with E-state index in [4.69, 9.17) is 21.7 Å². The summed E-state index contributed by atoms with van der Waals surface area (Å²) in [5.74, 6) is 0.886. The predicted octanol–water partition coefficient (Wildman–Crippen LogP) is 5.12. The van der Waals surface area contributed by atoms with E-state index in [0.717, 1.165) is 34.5 Å². The lowest BCUT2D eigenvalue weighted by atomic mass is 10.1. The molecular formula is C20H23NO2S. The number of ether oxygens (including phenoxy) is 2. The fourth-order valence-electron chi connectivity index (χ4n) is 2.39. The van der Waals surface area contributed by atoms with Gasteiger partial charge in [0, 0.05) is 11.3 Å². The average molecular weight is 341 g/mol. The van der Waals surface area contributed by atoms with Crippen LogP contribution in [0.3, 0.4) is 0 Å². The Morgan fingerprint density at radius 1 is 1.25 bits per heavy atom. The normalized spacial score (nSPS) is 10.1. The number of methoxy groups -OCH3 is 1. The average Bonchev–Trinajstić information content (AvgIpc) is 2.61. The number of thiocarbonyl (C=S) groups is 1. The number of benzene rings is 2. The van der Waals surface area contributed by atoms with Gasteiger partial charge in [0.2, 0.25) is 0 Å². The molecule has 3 nitrogen and oxygen atoms in total. The first-order valence-corrected chi connectivity index (χ1v) is 8.30. The van der Waals surface area contributed by atoms with Crippen LogP contribution in [-0.2, 0) is 17.8 Å². The first kappa shape index (κ1) is 18.0. The summed E-state index contributed by atoms with van der Waals surface area (Å²) in [6, 6.07) is 12.2. The predicted molar refractivity (Wildman–Crippen MR) is 105 cm³/mol. The Hall–Kier alpha value is -2.33. The zero-order chi connectivity index (χ0) is 17.5. The number of rotatable bonds is 6. The summed E-state index contributed by atoms with van der Waals surface area (Å²) in [7, 11) is 1.54. The maximum atomic E-state index is 6.02. The molecule has 2 aromatic rings. The van der Waals surface area contributed by atoms with Crippen LogP contribution in [0.15, 0.2) is 43.0 Å². The molecule has 4 heteroatoms. The molecule has 0 atom stereocenters. The van der Waals surface area contributed by atoms with Crippen molar-refractivity contribution in [2.24, 2.45) is 0 Å². The van der Waals surface area contributed by atoms with Crippen LogP contribution >= 0.6 is 12.2 Å². The lowest BCUT2D eigenvalue weighted by molar-refractivity contribution is 0.304. The summed E-state index contributed by atoms with van der Waals surface area (Å²) in [5, 5.41) is 3.40. The zero-order valence-electron chi connectivity index (χ0n) is 14.4. The molecule has 0 unspecified atom stereocenters. The van der Waals surface area contributed by atoms with Gasteiger partial charge in [-0.05, 0) is 60.5 Å². The van der Waals surface area contributed by atoms with Crippen LogP contribution in [0.4, 0.5) is 5.69 Å². The van der Waals surface area contributed by atoms with E-state index in [1.54, 1.807) is 7.11 Å². The molecule has 2 rings (SSSR count). The highest BCUT2D eigenvalue weighted by Gasteiger charge is 2.08. The van der Waals surface area contributed by atoms with Crippen molar-refractivity contribution in [2.45, 2.75) is 26.9 Å². The van der Waals surface area contributed by atoms with Gasteiger partial charge in [0.15, 0.2) is 0 Å². The molecule has 0 fully saturated rings. The van der Waals surface area contributed by atoms with Crippen LogP contribution in [0.25, 0.3) is 6.08 Å². The number of hydrogen-bond donors (Lipinski definition) is 1. The van der Waals surface area contributed by atoms with Gasteiger partial charge in [-0.15, -0.1) is 0 Å². The molecule has 0 spiro atoms. The highest BCUT2D eigenvalue weighted by Crippen LogP contribution is 2.24. The molecule has 0 saturated carbocycles. The van der Waals surface area contributed by atoms with E-state index in [0.29, 0.717) is 11.8 Å². The van der Waals surface area contributed by atoms with Gasteiger partial charge in [0.05, 0.1) is 7.11 Å². The van der Waals surface area contributed by atoms with Crippen LogP contribution in [0, 0.1) is 6.92 Å². The van der Waals surface area contributed by atoms with Crippen molar-refractivity contribution in [3.8, 4) is 5.75 Å². The van der Waals surface area contributed by atoms with Gasteiger partial charge in [-0.2, -0.15) is 0 Å². The van der Waals surface area contributed by atoms with E-state index in [9.17, 15) is 0 Å². The minimum absolute atomic E-state index is 0.325. The first-order chi connectivity index (χ1) is 11.6. The summed E-state index contributed by atoms with van der Waals surface area (Å²) in [6.07, 6.45) is 2.83.